The quantitative estimate of drug-likeness (QED) is 0.391. The largest absolute Gasteiger partial charge is 0.439 e. The number of rotatable bonds is 4. The van der Waals surface area contributed by atoms with Crippen LogP contribution in [0, 0.1) is 0 Å². The number of fused-ring (bicyclic) bond motifs is 1. The molecule has 1 aliphatic rings. The van der Waals surface area contributed by atoms with Crippen LogP contribution in [0.25, 0.3) is 22.5 Å². The van der Waals surface area contributed by atoms with E-state index in [0.717, 1.165) is 23.3 Å². The molecular formula is C24H17ClF3N3O4S. The average Bonchev–Trinajstić information content (AvgIpc) is 3.28. The lowest BCUT2D eigenvalue weighted by atomic mass is 9.95. The van der Waals surface area contributed by atoms with E-state index in [1.165, 1.54) is 34.6 Å². The third-order valence-electron chi connectivity index (χ3n) is 6.00. The number of aromatic nitrogens is 2. The maximum atomic E-state index is 13.4. The van der Waals surface area contributed by atoms with Crippen LogP contribution in [-0.4, -0.2) is 29.4 Å². The Morgan fingerprint density at radius 1 is 0.972 bits per heavy atom. The Morgan fingerprint density at radius 2 is 1.69 bits per heavy atom. The van der Waals surface area contributed by atoms with Crippen molar-refractivity contribution in [1.82, 2.24) is 14.4 Å². The van der Waals surface area contributed by atoms with Crippen LogP contribution in [0.1, 0.15) is 16.7 Å². The van der Waals surface area contributed by atoms with Crippen molar-refractivity contribution >= 4 is 21.6 Å². The van der Waals surface area contributed by atoms with E-state index in [-0.39, 0.29) is 28.8 Å². The molecule has 0 saturated heterocycles. The molecular weight excluding hydrogens is 519 g/mol. The standard InChI is InChI=1S/C24H17ClF3N3O4S/c25-21-12-19(7-8-20(21)22-29-23(32)35-30-22)36(33,34)31-10-9-15-1-2-16(11-17(15)13-31)14-3-5-18(6-4-14)24(26,27)28/h1-8,11-12H,9-10,13H2,(H,29,30,32). The summed E-state index contributed by atoms with van der Waals surface area (Å²) in [7, 11) is -3.91. The van der Waals surface area contributed by atoms with Crippen molar-refractivity contribution in [3.8, 4) is 22.5 Å². The van der Waals surface area contributed by atoms with Crippen molar-refractivity contribution < 1.29 is 26.1 Å². The fourth-order valence-electron chi connectivity index (χ4n) is 4.11. The normalized spacial score (nSPS) is 14.6. The second-order valence-corrected chi connectivity index (χ2v) is 10.6. The average molecular weight is 536 g/mol. The van der Waals surface area contributed by atoms with Gasteiger partial charge in [0.25, 0.3) is 0 Å². The number of benzene rings is 3. The molecule has 7 nitrogen and oxygen atoms in total. The van der Waals surface area contributed by atoms with Gasteiger partial charge < -0.3 is 0 Å². The van der Waals surface area contributed by atoms with Crippen LogP contribution in [0.2, 0.25) is 5.02 Å². The molecule has 0 saturated carbocycles. The first-order chi connectivity index (χ1) is 17.0. The molecule has 36 heavy (non-hydrogen) atoms. The van der Waals surface area contributed by atoms with Gasteiger partial charge in [0.2, 0.25) is 10.0 Å². The number of alkyl halides is 3. The SMILES string of the molecule is O=c1[nH]c(-c2ccc(S(=O)(=O)N3CCc4ccc(-c5ccc(C(F)(F)F)cc5)cc4C3)cc2Cl)no1. The van der Waals surface area contributed by atoms with E-state index in [9.17, 15) is 26.4 Å². The van der Waals surface area contributed by atoms with Gasteiger partial charge in [-0.2, -0.15) is 17.5 Å². The lowest BCUT2D eigenvalue weighted by Gasteiger charge is -2.28. The summed E-state index contributed by atoms with van der Waals surface area (Å²) in [5.74, 6) is -0.683. The van der Waals surface area contributed by atoms with Crippen LogP contribution in [0.5, 0.6) is 0 Å². The molecule has 12 heteroatoms. The van der Waals surface area contributed by atoms with Gasteiger partial charge in [-0.15, -0.1) is 0 Å². The van der Waals surface area contributed by atoms with Crippen LogP contribution in [-0.2, 0) is 29.2 Å². The molecule has 0 aliphatic carbocycles. The molecule has 4 aromatic rings. The Bertz CT molecular complexity index is 1610. The van der Waals surface area contributed by atoms with Gasteiger partial charge in [0.15, 0.2) is 5.82 Å². The molecule has 0 spiro atoms. The molecule has 0 bridgehead atoms. The van der Waals surface area contributed by atoms with Crippen molar-refractivity contribution in [3.05, 3.63) is 92.9 Å². The fraction of sp³-hybridized carbons (Fsp3) is 0.167. The zero-order chi connectivity index (χ0) is 25.7. The van der Waals surface area contributed by atoms with Crippen LogP contribution in [0.4, 0.5) is 13.2 Å². The van der Waals surface area contributed by atoms with E-state index in [1.54, 1.807) is 6.07 Å². The van der Waals surface area contributed by atoms with E-state index < -0.39 is 27.5 Å². The molecule has 0 fully saturated rings. The highest BCUT2D eigenvalue weighted by molar-refractivity contribution is 7.89. The van der Waals surface area contributed by atoms with Crippen molar-refractivity contribution in [2.75, 3.05) is 6.54 Å². The fourth-order valence-corrected chi connectivity index (χ4v) is 5.89. The van der Waals surface area contributed by atoms with Gasteiger partial charge in [-0.05, 0) is 65.1 Å². The van der Waals surface area contributed by atoms with Crippen LogP contribution < -0.4 is 5.76 Å². The Balaban J connectivity index is 1.41. The molecule has 0 atom stereocenters. The molecule has 5 rings (SSSR count). The summed E-state index contributed by atoms with van der Waals surface area (Å²) in [5, 5.41) is 3.63. The number of hydrogen-bond donors (Lipinski definition) is 1. The van der Waals surface area contributed by atoms with Crippen molar-refractivity contribution in [3.63, 3.8) is 0 Å². The lowest BCUT2D eigenvalue weighted by molar-refractivity contribution is -0.137. The molecule has 0 amide bonds. The number of aromatic amines is 1. The van der Waals surface area contributed by atoms with Gasteiger partial charge in [-0.25, -0.2) is 13.2 Å². The number of sulfonamides is 1. The lowest BCUT2D eigenvalue weighted by Crippen LogP contribution is -2.36. The first-order valence-electron chi connectivity index (χ1n) is 10.7. The molecule has 2 heterocycles. The van der Waals surface area contributed by atoms with E-state index >= 15 is 0 Å². The number of hydrogen-bond acceptors (Lipinski definition) is 5. The van der Waals surface area contributed by atoms with E-state index in [0.29, 0.717) is 23.1 Å². The highest BCUT2D eigenvalue weighted by atomic mass is 35.5. The van der Waals surface area contributed by atoms with Gasteiger partial charge in [0.05, 0.1) is 15.5 Å². The summed E-state index contributed by atoms with van der Waals surface area (Å²) >= 11 is 6.27. The zero-order valence-corrected chi connectivity index (χ0v) is 19.9. The van der Waals surface area contributed by atoms with Crippen molar-refractivity contribution in [2.24, 2.45) is 0 Å². The number of nitrogens with one attached hydrogen (secondary N) is 1. The van der Waals surface area contributed by atoms with E-state index in [4.69, 9.17) is 11.6 Å². The molecule has 186 valence electrons. The Kier molecular flexibility index (Phi) is 6.01. The topological polar surface area (TPSA) is 96.3 Å². The van der Waals surface area contributed by atoms with Crippen molar-refractivity contribution in [2.45, 2.75) is 24.0 Å². The van der Waals surface area contributed by atoms with Gasteiger partial charge in [-0.1, -0.05) is 41.0 Å². The molecule has 1 aliphatic heterocycles. The Hall–Kier alpha value is -3.41. The highest BCUT2D eigenvalue weighted by Gasteiger charge is 2.31. The van der Waals surface area contributed by atoms with Crippen LogP contribution in [0.15, 0.2) is 74.9 Å². The molecule has 0 radical (unpaired) electrons. The summed E-state index contributed by atoms with van der Waals surface area (Å²) in [6.45, 7) is 0.354. The van der Waals surface area contributed by atoms with Gasteiger partial charge >= 0.3 is 11.9 Å². The van der Waals surface area contributed by atoms with Crippen LogP contribution >= 0.6 is 11.6 Å². The van der Waals surface area contributed by atoms with Gasteiger partial charge in [0, 0.05) is 18.7 Å². The second kappa shape index (κ2) is 8.91. The first kappa shape index (κ1) is 24.3. The summed E-state index contributed by atoms with van der Waals surface area (Å²) in [4.78, 5) is 13.5. The van der Waals surface area contributed by atoms with Crippen molar-refractivity contribution in [1.29, 1.82) is 0 Å². The maximum Gasteiger partial charge on any atom is 0.439 e. The second-order valence-electron chi connectivity index (χ2n) is 8.23. The summed E-state index contributed by atoms with van der Waals surface area (Å²) in [6.07, 6.45) is -3.94. The zero-order valence-electron chi connectivity index (χ0n) is 18.3. The summed E-state index contributed by atoms with van der Waals surface area (Å²) in [6, 6.07) is 14.4. The molecule has 1 aromatic heterocycles. The Morgan fingerprint density at radius 3 is 2.33 bits per heavy atom. The van der Waals surface area contributed by atoms with E-state index in [1.807, 2.05) is 12.1 Å². The minimum Gasteiger partial charge on any atom is -0.296 e. The van der Waals surface area contributed by atoms with Gasteiger partial charge in [-0.3, -0.25) is 9.51 Å². The number of nitrogens with zero attached hydrogens (tertiary/aromatic N) is 2. The highest BCUT2D eigenvalue weighted by Crippen LogP contribution is 2.34. The van der Waals surface area contributed by atoms with Gasteiger partial charge in [0.1, 0.15) is 0 Å². The smallest absolute Gasteiger partial charge is 0.296 e. The maximum absolute atomic E-state index is 13.4. The third kappa shape index (κ3) is 4.57. The first-order valence-corrected chi connectivity index (χ1v) is 12.5. The summed E-state index contributed by atoms with van der Waals surface area (Å²) in [5.41, 5.74) is 2.60. The predicted octanol–water partition coefficient (Wildman–Crippen LogP) is 5.12. The van der Waals surface area contributed by atoms with Crippen LogP contribution in [0.3, 0.4) is 0 Å². The number of H-pyrrole nitrogens is 1. The number of halogens is 4. The third-order valence-corrected chi connectivity index (χ3v) is 8.16. The molecule has 1 N–H and O–H groups in total. The minimum absolute atomic E-state index is 0.0237. The predicted molar refractivity (Wildman–Crippen MR) is 126 cm³/mol. The minimum atomic E-state index is -4.42. The summed E-state index contributed by atoms with van der Waals surface area (Å²) < 4.78 is 71.2. The van der Waals surface area contributed by atoms with E-state index in [2.05, 4.69) is 14.7 Å². The molecule has 3 aromatic carbocycles. The Labute approximate surface area is 208 Å². The molecule has 0 unspecified atom stereocenters. The monoisotopic (exact) mass is 535 g/mol.